The van der Waals surface area contributed by atoms with Crippen LogP contribution in [0, 0.1) is 5.82 Å². The van der Waals surface area contributed by atoms with Gasteiger partial charge in [0.1, 0.15) is 17.3 Å². The average Bonchev–Trinajstić information content (AvgIpc) is 3.15. The third kappa shape index (κ3) is 4.68. The molecule has 9 heteroatoms. The Balaban J connectivity index is 1.83. The number of aliphatic hydroxyl groups is 1. The number of hydrogen-bond donors (Lipinski definition) is 1. The first-order valence-corrected chi connectivity index (χ1v) is 11.1. The van der Waals surface area contributed by atoms with E-state index in [1.54, 1.807) is 43.3 Å². The van der Waals surface area contributed by atoms with Crippen molar-refractivity contribution in [2.45, 2.75) is 19.4 Å². The predicted molar refractivity (Wildman–Crippen MR) is 129 cm³/mol. The highest BCUT2D eigenvalue weighted by molar-refractivity contribution is 6.51. The van der Waals surface area contributed by atoms with Gasteiger partial charge in [-0.25, -0.2) is 4.39 Å². The van der Waals surface area contributed by atoms with Crippen LogP contribution in [0.5, 0.6) is 5.75 Å². The van der Waals surface area contributed by atoms with Gasteiger partial charge in [-0.1, -0.05) is 12.1 Å². The normalized spacial score (nSPS) is 16.8. The lowest BCUT2D eigenvalue weighted by molar-refractivity contribution is -0.142. The summed E-state index contributed by atoms with van der Waals surface area (Å²) < 4.78 is 24.3. The predicted octanol–water partition coefficient (Wildman–Crippen LogP) is 3.96. The molecule has 2 heterocycles. The van der Waals surface area contributed by atoms with Crippen molar-refractivity contribution in [1.29, 1.82) is 0 Å². The van der Waals surface area contributed by atoms with Gasteiger partial charge in [0, 0.05) is 18.1 Å². The molecular weight excluding hydrogens is 467 g/mol. The van der Waals surface area contributed by atoms with E-state index in [1.807, 2.05) is 0 Å². The molecule has 184 valence electrons. The molecule has 0 spiro atoms. The highest BCUT2D eigenvalue weighted by Gasteiger charge is 2.47. The number of halogens is 1. The SMILES string of the molecule is CCOC(=O)Cc1ccc(N2C(=O)C(=O)/C(=C(/O)c3cc(F)ccc3OC)C2c2ccncc2)cc1. The van der Waals surface area contributed by atoms with E-state index in [4.69, 9.17) is 9.47 Å². The second kappa shape index (κ2) is 10.4. The molecule has 1 aromatic heterocycles. The summed E-state index contributed by atoms with van der Waals surface area (Å²) in [6, 6.07) is 12.3. The van der Waals surface area contributed by atoms with Gasteiger partial charge in [0.05, 0.1) is 37.3 Å². The molecule has 8 nitrogen and oxygen atoms in total. The van der Waals surface area contributed by atoms with Crippen LogP contribution >= 0.6 is 0 Å². The van der Waals surface area contributed by atoms with Crippen molar-refractivity contribution < 1.29 is 33.4 Å². The minimum atomic E-state index is -1.02. The molecule has 1 amide bonds. The van der Waals surface area contributed by atoms with Crippen molar-refractivity contribution in [3.05, 3.63) is 95.1 Å². The number of hydrogen-bond acceptors (Lipinski definition) is 7. The highest BCUT2D eigenvalue weighted by atomic mass is 19.1. The fourth-order valence-corrected chi connectivity index (χ4v) is 4.12. The van der Waals surface area contributed by atoms with Crippen molar-refractivity contribution >= 4 is 29.1 Å². The largest absolute Gasteiger partial charge is 0.507 e. The number of ketones is 1. The fraction of sp³-hybridized carbons (Fsp3) is 0.185. The van der Waals surface area contributed by atoms with Crippen molar-refractivity contribution in [2.75, 3.05) is 18.6 Å². The average molecular weight is 490 g/mol. The molecule has 3 aromatic rings. The van der Waals surface area contributed by atoms with Crippen LogP contribution in [-0.4, -0.2) is 41.5 Å². The summed E-state index contributed by atoms with van der Waals surface area (Å²) in [4.78, 5) is 43.5. The number of carbonyl (C=O) groups excluding carboxylic acids is 3. The number of pyridine rings is 1. The summed E-state index contributed by atoms with van der Waals surface area (Å²) in [6.45, 7) is 1.99. The van der Waals surface area contributed by atoms with Crippen LogP contribution in [0.2, 0.25) is 0 Å². The molecule has 1 aliphatic rings. The maximum absolute atomic E-state index is 14.1. The number of methoxy groups -OCH3 is 1. The summed E-state index contributed by atoms with van der Waals surface area (Å²) in [7, 11) is 1.35. The molecule has 1 fully saturated rings. The Labute approximate surface area is 206 Å². The number of amides is 1. The van der Waals surface area contributed by atoms with Gasteiger partial charge in [0.15, 0.2) is 0 Å². The number of carbonyl (C=O) groups is 3. The molecule has 2 aromatic carbocycles. The van der Waals surface area contributed by atoms with Gasteiger partial charge in [0.25, 0.3) is 11.7 Å². The quantitative estimate of drug-likeness (QED) is 0.231. The van der Waals surface area contributed by atoms with Gasteiger partial charge in [-0.2, -0.15) is 0 Å². The molecule has 36 heavy (non-hydrogen) atoms. The highest BCUT2D eigenvalue weighted by Crippen LogP contribution is 2.43. The van der Waals surface area contributed by atoms with Crippen LogP contribution in [0.25, 0.3) is 5.76 Å². The van der Waals surface area contributed by atoms with E-state index in [0.29, 0.717) is 16.8 Å². The van der Waals surface area contributed by atoms with E-state index in [2.05, 4.69) is 4.98 Å². The number of Topliss-reactive ketones (excluding diaryl/α,β-unsaturated/α-hetero) is 1. The van der Waals surface area contributed by atoms with Gasteiger partial charge >= 0.3 is 5.97 Å². The number of nitrogens with zero attached hydrogens (tertiary/aromatic N) is 2. The third-order valence-corrected chi connectivity index (χ3v) is 5.75. The van der Waals surface area contributed by atoms with Crippen LogP contribution in [-0.2, 0) is 25.5 Å². The van der Waals surface area contributed by atoms with Crippen molar-refractivity contribution in [2.24, 2.45) is 0 Å². The second-order valence-corrected chi connectivity index (χ2v) is 7.94. The molecule has 1 aliphatic heterocycles. The number of aromatic nitrogens is 1. The van der Waals surface area contributed by atoms with E-state index >= 15 is 0 Å². The van der Waals surface area contributed by atoms with Crippen LogP contribution < -0.4 is 9.64 Å². The van der Waals surface area contributed by atoms with Gasteiger partial charge in [-0.05, 0) is 60.5 Å². The Bertz CT molecular complexity index is 1340. The lowest BCUT2D eigenvalue weighted by Crippen LogP contribution is -2.29. The molecule has 0 aliphatic carbocycles. The molecular formula is C27H23FN2O6. The topological polar surface area (TPSA) is 106 Å². The number of esters is 1. The lowest BCUT2D eigenvalue weighted by Gasteiger charge is -2.25. The molecule has 0 bridgehead atoms. The van der Waals surface area contributed by atoms with Crippen LogP contribution in [0.15, 0.2) is 72.6 Å². The third-order valence-electron chi connectivity index (χ3n) is 5.75. The van der Waals surface area contributed by atoms with Crippen LogP contribution in [0.3, 0.4) is 0 Å². The van der Waals surface area contributed by atoms with E-state index in [9.17, 15) is 23.9 Å². The number of aliphatic hydroxyl groups excluding tert-OH is 1. The first-order valence-electron chi connectivity index (χ1n) is 11.1. The first-order chi connectivity index (χ1) is 17.3. The summed E-state index contributed by atoms with van der Waals surface area (Å²) >= 11 is 0. The number of anilines is 1. The zero-order valence-corrected chi connectivity index (χ0v) is 19.6. The van der Waals surface area contributed by atoms with Crippen LogP contribution in [0.1, 0.15) is 29.7 Å². The minimum Gasteiger partial charge on any atom is -0.507 e. The molecule has 0 saturated carbocycles. The van der Waals surface area contributed by atoms with Crippen molar-refractivity contribution in [3.63, 3.8) is 0 Å². The maximum atomic E-state index is 14.1. The van der Waals surface area contributed by atoms with Gasteiger partial charge in [-0.3, -0.25) is 24.3 Å². The number of benzene rings is 2. The number of ether oxygens (including phenoxy) is 2. The summed E-state index contributed by atoms with van der Waals surface area (Å²) in [5.41, 5.74) is 1.28. The zero-order chi connectivity index (χ0) is 25.8. The van der Waals surface area contributed by atoms with E-state index in [1.165, 1.54) is 30.5 Å². The van der Waals surface area contributed by atoms with Gasteiger partial charge in [0.2, 0.25) is 0 Å². The molecule has 1 saturated heterocycles. The Hall–Kier alpha value is -4.53. The number of rotatable bonds is 7. The molecule has 4 rings (SSSR count). The Morgan fingerprint density at radius 3 is 2.42 bits per heavy atom. The first kappa shape index (κ1) is 24.6. The van der Waals surface area contributed by atoms with Crippen LogP contribution in [0.4, 0.5) is 10.1 Å². The van der Waals surface area contributed by atoms with E-state index < -0.39 is 29.3 Å². The van der Waals surface area contributed by atoms with Gasteiger partial charge in [-0.15, -0.1) is 0 Å². The smallest absolute Gasteiger partial charge is 0.310 e. The summed E-state index contributed by atoms with van der Waals surface area (Å²) in [6.07, 6.45) is 3.06. The standard InChI is InChI=1S/C27H23FN2O6/c1-3-36-22(31)14-16-4-7-19(8-5-16)30-24(17-10-12-29-13-11-17)23(26(33)27(30)34)25(32)20-15-18(28)6-9-21(20)35-2/h4-13,15,24,32H,3,14H2,1-2H3/b25-23+. The second-order valence-electron chi connectivity index (χ2n) is 7.94. The molecule has 1 unspecified atom stereocenters. The molecule has 1 N–H and O–H groups in total. The van der Waals surface area contributed by atoms with E-state index in [-0.39, 0.29) is 35.9 Å². The molecule has 1 atom stereocenters. The monoisotopic (exact) mass is 490 g/mol. The lowest BCUT2D eigenvalue weighted by atomic mass is 9.95. The Morgan fingerprint density at radius 2 is 1.78 bits per heavy atom. The minimum absolute atomic E-state index is 0.0556. The van der Waals surface area contributed by atoms with Crippen molar-refractivity contribution in [1.82, 2.24) is 4.98 Å². The summed E-state index contributed by atoms with van der Waals surface area (Å²) in [5, 5.41) is 11.2. The maximum Gasteiger partial charge on any atom is 0.310 e. The van der Waals surface area contributed by atoms with Gasteiger partial charge < -0.3 is 14.6 Å². The summed E-state index contributed by atoms with van der Waals surface area (Å²) in [5.74, 6) is -3.26. The zero-order valence-electron chi connectivity index (χ0n) is 19.6. The van der Waals surface area contributed by atoms with E-state index in [0.717, 1.165) is 12.1 Å². The fourth-order valence-electron chi connectivity index (χ4n) is 4.12. The molecule has 0 radical (unpaired) electrons. The Kier molecular flexibility index (Phi) is 7.10. The van der Waals surface area contributed by atoms with Crippen molar-refractivity contribution in [3.8, 4) is 5.75 Å². The Morgan fingerprint density at radius 1 is 1.08 bits per heavy atom.